The Kier molecular flexibility index (Phi) is 4.89. The minimum atomic E-state index is -0.623. The summed E-state index contributed by atoms with van der Waals surface area (Å²) in [7, 11) is 0. The maximum Gasteiger partial charge on any atom is 0.239 e. The van der Waals surface area contributed by atoms with Crippen LogP contribution in [0, 0.1) is 11.8 Å². The molecule has 0 aromatic heterocycles. The molecule has 1 aromatic carbocycles. The summed E-state index contributed by atoms with van der Waals surface area (Å²) in [5.41, 5.74) is 6.12. The Bertz CT molecular complexity index is 671. The van der Waals surface area contributed by atoms with Crippen molar-refractivity contribution in [3.05, 3.63) is 28.7 Å². The first-order valence-corrected chi connectivity index (χ1v) is 8.92. The first kappa shape index (κ1) is 17.0. The molecule has 24 heavy (non-hydrogen) atoms. The maximum atomic E-state index is 12.7. The van der Waals surface area contributed by atoms with E-state index >= 15 is 0 Å². The van der Waals surface area contributed by atoms with E-state index in [1.54, 1.807) is 9.80 Å². The van der Waals surface area contributed by atoms with E-state index in [9.17, 15) is 14.4 Å². The highest BCUT2D eigenvalue weighted by Crippen LogP contribution is 2.32. The molecule has 2 fully saturated rings. The minimum Gasteiger partial charge on any atom is -0.369 e. The number of nitrogens with two attached hydrogens (primary N) is 1. The number of amides is 3. The third-order valence-electron chi connectivity index (χ3n) is 4.86. The summed E-state index contributed by atoms with van der Waals surface area (Å²) >= 11 is 3.45. The van der Waals surface area contributed by atoms with Gasteiger partial charge in [0, 0.05) is 30.0 Å². The zero-order chi connectivity index (χ0) is 17.3. The number of primary amides is 1. The minimum absolute atomic E-state index is 0.127. The number of rotatable bonds is 3. The molecule has 3 amide bonds. The average Bonchev–Trinajstić information content (AvgIpc) is 2.96. The van der Waals surface area contributed by atoms with Crippen LogP contribution in [0.15, 0.2) is 28.7 Å². The summed E-state index contributed by atoms with van der Waals surface area (Å²) in [4.78, 5) is 40.0. The lowest BCUT2D eigenvalue weighted by molar-refractivity contribution is -0.142. The smallest absolute Gasteiger partial charge is 0.239 e. The molecule has 1 atom stereocenters. The summed E-state index contributed by atoms with van der Waals surface area (Å²) in [6.07, 6.45) is 1.68. The fourth-order valence-corrected chi connectivity index (χ4v) is 3.92. The summed E-state index contributed by atoms with van der Waals surface area (Å²) in [6, 6.07) is 7.51. The van der Waals surface area contributed by atoms with Crippen LogP contribution in [0.5, 0.6) is 0 Å². The summed E-state index contributed by atoms with van der Waals surface area (Å²) < 4.78 is 0.841. The van der Waals surface area contributed by atoms with Crippen LogP contribution < -0.4 is 10.6 Å². The molecule has 2 saturated heterocycles. The van der Waals surface area contributed by atoms with E-state index in [4.69, 9.17) is 5.73 Å². The topological polar surface area (TPSA) is 83.7 Å². The van der Waals surface area contributed by atoms with Crippen LogP contribution in [0.3, 0.4) is 0 Å². The normalized spacial score (nSPS) is 22.0. The molecule has 0 bridgehead atoms. The van der Waals surface area contributed by atoms with Crippen LogP contribution in [-0.4, -0.2) is 42.3 Å². The van der Waals surface area contributed by atoms with E-state index in [0.717, 1.165) is 10.2 Å². The monoisotopic (exact) mass is 393 g/mol. The van der Waals surface area contributed by atoms with Crippen molar-refractivity contribution in [2.45, 2.75) is 19.3 Å². The van der Waals surface area contributed by atoms with Crippen molar-refractivity contribution in [2.75, 3.05) is 24.5 Å². The Hall–Kier alpha value is -1.89. The molecular weight excluding hydrogens is 374 g/mol. The molecule has 7 heteroatoms. The van der Waals surface area contributed by atoms with E-state index in [1.807, 2.05) is 24.3 Å². The van der Waals surface area contributed by atoms with E-state index in [0.29, 0.717) is 38.9 Å². The lowest BCUT2D eigenvalue weighted by Gasteiger charge is -2.32. The molecule has 2 heterocycles. The number of hydrogen-bond acceptors (Lipinski definition) is 3. The Morgan fingerprint density at radius 3 is 2.38 bits per heavy atom. The average molecular weight is 394 g/mol. The number of carbonyl (C=O) groups is 3. The van der Waals surface area contributed by atoms with Gasteiger partial charge in [0.05, 0.1) is 5.69 Å². The Morgan fingerprint density at radius 2 is 1.75 bits per heavy atom. The largest absolute Gasteiger partial charge is 0.369 e. The highest BCUT2D eigenvalue weighted by atomic mass is 79.9. The van der Waals surface area contributed by atoms with Gasteiger partial charge in [-0.25, -0.2) is 0 Å². The van der Waals surface area contributed by atoms with Crippen LogP contribution in [-0.2, 0) is 14.4 Å². The molecule has 0 radical (unpaired) electrons. The molecule has 2 aliphatic rings. The van der Waals surface area contributed by atoms with Crippen LogP contribution in [0.1, 0.15) is 19.3 Å². The molecule has 0 spiro atoms. The summed E-state index contributed by atoms with van der Waals surface area (Å²) in [5, 5.41) is 0. The van der Waals surface area contributed by atoms with Gasteiger partial charge in [-0.15, -0.1) is 0 Å². The van der Waals surface area contributed by atoms with Crippen LogP contribution >= 0.6 is 15.9 Å². The number of hydrogen-bond donors (Lipinski definition) is 1. The Morgan fingerprint density at radius 1 is 1.08 bits per heavy atom. The predicted molar refractivity (Wildman–Crippen MR) is 93.1 cm³/mol. The van der Waals surface area contributed by atoms with Gasteiger partial charge in [-0.1, -0.05) is 12.1 Å². The van der Waals surface area contributed by atoms with Gasteiger partial charge in [-0.3, -0.25) is 14.4 Å². The first-order chi connectivity index (χ1) is 11.5. The van der Waals surface area contributed by atoms with Gasteiger partial charge in [0.1, 0.15) is 5.92 Å². The van der Waals surface area contributed by atoms with Gasteiger partial charge in [0.2, 0.25) is 17.7 Å². The number of benzene rings is 1. The quantitative estimate of drug-likeness (QED) is 0.790. The third-order valence-corrected chi connectivity index (χ3v) is 5.53. The molecular formula is C17H20BrN3O3. The molecule has 0 saturated carbocycles. The molecule has 3 rings (SSSR count). The zero-order valence-corrected chi connectivity index (χ0v) is 14.9. The lowest BCUT2D eigenvalue weighted by atomic mass is 9.95. The van der Waals surface area contributed by atoms with Crippen LogP contribution in [0.25, 0.3) is 0 Å². The second-order valence-corrected chi connectivity index (χ2v) is 7.14. The maximum absolute atomic E-state index is 12.7. The van der Waals surface area contributed by atoms with Crippen molar-refractivity contribution in [2.24, 2.45) is 17.6 Å². The molecule has 2 aliphatic heterocycles. The third kappa shape index (κ3) is 3.17. The van der Waals surface area contributed by atoms with Gasteiger partial charge in [-0.05, 0) is 47.3 Å². The van der Waals surface area contributed by atoms with Crippen molar-refractivity contribution >= 4 is 39.3 Å². The van der Waals surface area contributed by atoms with Gasteiger partial charge < -0.3 is 15.5 Å². The number of nitrogens with zero attached hydrogens (tertiary/aromatic N) is 2. The van der Waals surface area contributed by atoms with Gasteiger partial charge in [-0.2, -0.15) is 0 Å². The van der Waals surface area contributed by atoms with Gasteiger partial charge in [0.25, 0.3) is 0 Å². The van der Waals surface area contributed by atoms with Crippen LogP contribution in [0.2, 0.25) is 0 Å². The van der Waals surface area contributed by atoms with Crippen molar-refractivity contribution in [1.29, 1.82) is 0 Å². The van der Waals surface area contributed by atoms with Crippen molar-refractivity contribution < 1.29 is 14.4 Å². The number of piperidine rings is 1. The van der Waals surface area contributed by atoms with Gasteiger partial charge >= 0.3 is 0 Å². The number of halogens is 1. The SMILES string of the molecule is NC(=O)C1CCN(C(=O)C2CCN(c3ccccc3Br)C2=O)CC1. The fraction of sp³-hybridized carbons (Fsp3) is 0.471. The predicted octanol–water partition coefficient (Wildman–Crippen LogP) is 1.53. The van der Waals surface area contributed by atoms with Crippen molar-refractivity contribution in [1.82, 2.24) is 4.90 Å². The summed E-state index contributed by atoms with van der Waals surface area (Å²) in [6.45, 7) is 1.52. The van der Waals surface area contributed by atoms with E-state index in [1.165, 1.54) is 0 Å². The molecule has 128 valence electrons. The second-order valence-electron chi connectivity index (χ2n) is 6.28. The van der Waals surface area contributed by atoms with Crippen molar-refractivity contribution in [3.63, 3.8) is 0 Å². The molecule has 2 N–H and O–H groups in total. The zero-order valence-electron chi connectivity index (χ0n) is 13.3. The standard InChI is InChI=1S/C17H20BrN3O3/c18-13-3-1-2-4-14(13)21-10-7-12(17(21)24)16(23)20-8-5-11(6-9-20)15(19)22/h1-4,11-12H,5-10H2,(H2,19,22). The fourth-order valence-electron chi connectivity index (χ4n) is 3.42. The van der Waals surface area contributed by atoms with E-state index in [2.05, 4.69) is 15.9 Å². The summed E-state index contributed by atoms with van der Waals surface area (Å²) in [5.74, 6) is -1.37. The molecule has 1 unspecified atom stereocenters. The van der Waals surface area contributed by atoms with E-state index < -0.39 is 5.92 Å². The van der Waals surface area contributed by atoms with E-state index in [-0.39, 0.29) is 23.6 Å². The number of carbonyl (C=O) groups excluding carboxylic acids is 3. The highest BCUT2D eigenvalue weighted by molar-refractivity contribution is 9.10. The van der Waals surface area contributed by atoms with Gasteiger partial charge in [0.15, 0.2) is 0 Å². The highest BCUT2D eigenvalue weighted by Gasteiger charge is 2.41. The molecule has 1 aromatic rings. The van der Waals surface area contributed by atoms with Crippen LogP contribution in [0.4, 0.5) is 5.69 Å². The molecule has 6 nitrogen and oxygen atoms in total. The molecule has 0 aliphatic carbocycles. The first-order valence-electron chi connectivity index (χ1n) is 8.13. The lowest BCUT2D eigenvalue weighted by Crippen LogP contribution is -2.45. The second kappa shape index (κ2) is 6.93. The number of likely N-dealkylation sites (tertiary alicyclic amines) is 1. The van der Waals surface area contributed by atoms with Crippen molar-refractivity contribution in [3.8, 4) is 0 Å². The number of anilines is 1. The Labute approximate surface area is 149 Å². The Balaban J connectivity index is 1.66. The number of para-hydroxylation sites is 1.